The molecule has 100 valence electrons. The Morgan fingerprint density at radius 2 is 2.11 bits per heavy atom. The molecule has 0 unspecified atom stereocenters. The number of amides is 1. The maximum absolute atomic E-state index is 13.6. The summed E-state index contributed by atoms with van der Waals surface area (Å²) in [5, 5.41) is 9.62. The summed E-state index contributed by atoms with van der Waals surface area (Å²) in [6, 6.07) is 4.23. The van der Waals surface area contributed by atoms with Crippen molar-refractivity contribution >= 4 is 11.6 Å². The third-order valence-corrected chi connectivity index (χ3v) is 2.43. The largest absolute Gasteiger partial charge is 0.491 e. The van der Waals surface area contributed by atoms with Crippen LogP contribution in [-0.2, 0) is 4.79 Å². The van der Waals surface area contributed by atoms with Gasteiger partial charge in [0.1, 0.15) is 5.60 Å². The molecule has 18 heavy (non-hydrogen) atoms. The highest BCUT2D eigenvalue weighted by Gasteiger charge is 2.28. The lowest BCUT2D eigenvalue weighted by Crippen LogP contribution is -2.43. The van der Waals surface area contributed by atoms with Gasteiger partial charge in [-0.3, -0.25) is 4.79 Å². The van der Waals surface area contributed by atoms with Crippen molar-refractivity contribution in [1.29, 1.82) is 0 Å². The molecule has 0 spiro atoms. The third kappa shape index (κ3) is 3.20. The molecule has 1 aromatic carbocycles. The second kappa shape index (κ2) is 5.35. The van der Waals surface area contributed by atoms with Gasteiger partial charge in [-0.25, -0.2) is 4.39 Å². The number of benzene rings is 1. The number of hydrogen-bond acceptors (Lipinski definition) is 3. The summed E-state index contributed by atoms with van der Waals surface area (Å²) in [5.74, 6) is -0.902. The van der Waals surface area contributed by atoms with Crippen LogP contribution >= 0.6 is 0 Å². The van der Waals surface area contributed by atoms with Gasteiger partial charge in [0, 0.05) is 18.8 Å². The maximum atomic E-state index is 13.6. The van der Waals surface area contributed by atoms with Crippen molar-refractivity contribution in [2.75, 3.05) is 18.6 Å². The van der Waals surface area contributed by atoms with E-state index in [1.165, 1.54) is 37.9 Å². The third-order valence-electron chi connectivity index (χ3n) is 2.43. The highest BCUT2D eigenvalue weighted by Crippen LogP contribution is 2.24. The summed E-state index contributed by atoms with van der Waals surface area (Å²) in [4.78, 5) is 13.0. The van der Waals surface area contributed by atoms with Gasteiger partial charge in [-0.05, 0) is 32.9 Å². The van der Waals surface area contributed by atoms with E-state index in [0.717, 1.165) is 0 Å². The molecule has 0 saturated heterocycles. The summed E-state index contributed by atoms with van der Waals surface area (Å²) >= 11 is 0. The number of hydrogen-bond donors (Lipinski definition) is 1. The van der Waals surface area contributed by atoms with Crippen molar-refractivity contribution in [1.82, 2.24) is 0 Å². The first-order chi connectivity index (χ1) is 8.27. The van der Waals surface area contributed by atoms with Crippen molar-refractivity contribution in [2.24, 2.45) is 0 Å². The molecule has 1 amide bonds. The van der Waals surface area contributed by atoms with Crippen LogP contribution in [0.25, 0.3) is 0 Å². The normalized spacial score (nSPS) is 11.2. The van der Waals surface area contributed by atoms with E-state index in [-0.39, 0.29) is 5.75 Å². The van der Waals surface area contributed by atoms with E-state index in [9.17, 15) is 14.3 Å². The quantitative estimate of drug-likeness (QED) is 0.894. The number of nitrogens with zero attached hydrogens (tertiary/aromatic N) is 1. The van der Waals surface area contributed by atoms with Gasteiger partial charge in [-0.2, -0.15) is 0 Å². The molecule has 0 saturated carbocycles. The van der Waals surface area contributed by atoms with Crippen molar-refractivity contribution in [3.8, 4) is 5.75 Å². The second-order valence-corrected chi connectivity index (χ2v) is 4.47. The summed E-state index contributed by atoms with van der Waals surface area (Å²) in [6.07, 6.45) is 0. The van der Waals surface area contributed by atoms with Crippen LogP contribution in [0, 0.1) is 5.82 Å². The summed E-state index contributed by atoms with van der Waals surface area (Å²) in [6.45, 7) is 4.90. The van der Waals surface area contributed by atoms with E-state index in [2.05, 4.69) is 0 Å². The molecule has 0 fully saturated rings. The Bertz CT molecular complexity index is 440. The van der Waals surface area contributed by atoms with Crippen LogP contribution in [0.5, 0.6) is 5.75 Å². The first kappa shape index (κ1) is 14.4. The van der Waals surface area contributed by atoms with Gasteiger partial charge in [0.2, 0.25) is 0 Å². The number of ether oxygens (including phenoxy) is 1. The highest BCUT2D eigenvalue weighted by molar-refractivity contribution is 5.98. The molecule has 0 radical (unpaired) electrons. The lowest BCUT2D eigenvalue weighted by atomic mass is 10.1. The zero-order valence-electron chi connectivity index (χ0n) is 11.0. The fraction of sp³-hybridized carbons (Fsp3) is 0.462. The van der Waals surface area contributed by atoms with Crippen LogP contribution in [0.3, 0.4) is 0 Å². The number of carbonyl (C=O) groups is 1. The van der Waals surface area contributed by atoms with Gasteiger partial charge in [0.15, 0.2) is 11.6 Å². The van der Waals surface area contributed by atoms with Gasteiger partial charge >= 0.3 is 0 Å². The Labute approximate surface area is 106 Å². The van der Waals surface area contributed by atoms with Crippen LogP contribution in [-0.4, -0.2) is 30.3 Å². The molecule has 4 nitrogen and oxygen atoms in total. The monoisotopic (exact) mass is 255 g/mol. The standard InChI is InChI=1S/C13H18FNO3/c1-5-18-11-7-6-9(8-10(11)14)15(4)12(16)13(2,3)17/h6-8,17H,5H2,1-4H3. The first-order valence-electron chi connectivity index (χ1n) is 5.70. The van der Waals surface area contributed by atoms with Gasteiger partial charge < -0.3 is 14.7 Å². The molecule has 1 rings (SSSR count). The predicted molar refractivity (Wildman–Crippen MR) is 67.3 cm³/mol. The van der Waals surface area contributed by atoms with Gasteiger partial charge in [-0.1, -0.05) is 0 Å². The van der Waals surface area contributed by atoms with Gasteiger partial charge in [0.25, 0.3) is 5.91 Å². The minimum absolute atomic E-state index is 0.144. The molecule has 0 heterocycles. The van der Waals surface area contributed by atoms with Crippen LogP contribution < -0.4 is 9.64 Å². The summed E-state index contributed by atoms with van der Waals surface area (Å²) in [5.41, 5.74) is -1.13. The number of carbonyl (C=O) groups excluding carboxylic acids is 1. The minimum Gasteiger partial charge on any atom is -0.491 e. The van der Waals surface area contributed by atoms with E-state index in [0.29, 0.717) is 12.3 Å². The first-order valence-corrected chi connectivity index (χ1v) is 5.70. The average molecular weight is 255 g/mol. The molecule has 0 aliphatic carbocycles. The average Bonchev–Trinajstić information content (AvgIpc) is 2.29. The van der Waals surface area contributed by atoms with E-state index >= 15 is 0 Å². The number of halogens is 1. The Kier molecular flexibility index (Phi) is 4.29. The molecule has 0 atom stereocenters. The van der Waals surface area contributed by atoms with Crippen LogP contribution in [0.15, 0.2) is 18.2 Å². The fourth-order valence-corrected chi connectivity index (χ4v) is 1.50. The maximum Gasteiger partial charge on any atom is 0.258 e. The lowest BCUT2D eigenvalue weighted by molar-refractivity contribution is -0.133. The molecule has 0 aromatic heterocycles. The van der Waals surface area contributed by atoms with Crippen LogP contribution in [0.4, 0.5) is 10.1 Å². The lowest BCUT2D eigenvalue weighted by Gasteiger charge is -2.25. The number of likely N-dealkylation sites (N-methyl/N-ethyl adjacent to an activating group) is 1. The highest BCUT2D eigenvalue weighted by atomic mass is 19.1. The summed E-state index contributed by atoms with van der Waals surface area (Å²) < 4.78 is 18.7. The SMILES string of the molecule is CCOc1ccc(N(C)C(=O)C(C)(C)O)cc1F. The second-order valence-electron chi connectivity index (χ2n) is 4.47. The van der Waals surface area contributed by atoms with Crippen molar-refractivity contribution in [3.63, 3.8) is 0 Å². The minimum atomic E-state index is -1.50. The molecule has 5 heteroatoms. The molecule has 1 aromatic rings. The van der Waals surface area contributed by atoms with E-state index < -0.39 is 17.3 Å². The molecule has 0 bridgehead atoms. The molecule has 1 N–H and O–H groups in total. The Balaban J connectivity index is 2.98. The topological polar surface area (TPSA) is 49.8 Å². The Morgan fingerprint density at radius 1 is 1.50 bits per heavy atom. The molecular formula is C13H18FNO3. The van der Waals surface area contributed by atoms with Gasteiger partial charge in [0.05, 0.1) is 6.61 Å². The molecule has 0 aliphatic heterocycles. The van der Waals surface area contributed by atoms with Crippen molar-refractivity contribution in [2.45, 2.75) is 26.4 Å². The van der Waals surface area contributed by atoms with Crippen molar-refractivity contribution < 1.29 is 19.0 Å². The smallest absolute Gasteiger partial charge is 0.258 e. The predicted octanol–water partition coefficient (Wildman–Crippen LogP) is 1.96. The number of aliphatic hydroxyl groups is 1. The fourth-order valence-electron chi connectivity index (χ4n) is 1.50. The molecule has 0 aliphatic rings. The molecular weight excluding hydrogens is 237 g/mol. The Morgan fingerprint density at radius 3 is 2.56 bits per heavy atom. The van der Waals surface area contributed by atoms with Crippen LogP contribution in [0.1, 0.15) is 20.8 Å². The van der Waals surface area contributed by atoms with E-state index in [1.807, 2.05) is 0 Å². The van der Waals surface area contributed by atoms with E-state index in [1.54, 1.807) is 13.0 Å². The zero-order valence-corrected chi connectivity index (χ0v) is 11.0. The van der Waals surface area contributed by atoms with Gasteiger partial charge in [-0.15, -0.1) is 0 Å². The van der Waals surface area contributed by atoms with Crippen LogP contribution in [0.2, 0.25) is 0 Å². The Hall–Kier alpha value is -1.62. The van der Waals surface area contributed by atoms with Crippen molar-refractivity contribution in [3.05, 3.63) is 24.0 Å². The van der Waals surface area contributed by atoms with E-state index in [4.69, 9.17) is 4.74 Å². The number of rotatable bonds is 4. The summed E-state index contributed by atoms with van der Waals surface area (Å²) in [7, 11) is 1.48. The number of anilines is 1. The zero-order chi connectivity index (χ0) is 13.9.